The minimum absolute atomic E-state index is 0. The lowest BCUT2D eigenvalue weighted by Gasteiger charge is -2.21. The number of imidazole rings is 1. The van der Waals surface area contributed by atoms with Crippen LogP contribution in [-0.2, 0) is 0 Å². The molecule has 0 aliphatic rings. The number of anilines is 1. The number of para-hydroxylation sites is 2. The van der Waals surface area contributed by atoms with Crippen molar-refractivity contribution in [2.45, 2.75) is 26.8 Å². The number of carbonyl (C=O) groups excluding carboxylic acids is 1. The van der Waals surface area contributed by atoms with E-state index in [1.165, 1.54) is 0 Å². The maximum Gasteiger partial charge on any atom is 0.252 e. The molecule has 0 fully saturated rings. The van der Waals surface area contributed by atoms with Gasteiger partial charge in [0.15, 0.2) is 0 Å². The van der Waals surface area contributed by atoms with Gasteiger partial charge in [0.25, 0.3) is 5.91 Å². The molecular weight excluding hydrogens is 371 g/mol. The van der Waals surface area contributed by atoms with Crippen LogP contribution in [0, 0.1) is 12.8 Å². The average Bonchev–Trinajstić information content (AvgIpc) is 2.97. The van der Waals surface area contributed by atoms with Gasteiger partial charge in [-0.3, -0.25) is 4.79 Å². The molecule has 7 heteroatoms. The Morgan fingerprint density at radius 1 is 1.15 bits per heavy atom. The second-order valence-corrected chi connectivity index (χ2v) is 6.41. The lowest BCUT2D eigenvalue weighted by Crippen LogP contribution is -2.33. The van der Waals surface area contributed by atoms with Crippen LogP contribution in [0.1, 0.15) is 41.6 Å². The fraction of sp³-hybridized carbons (Fsp3) is 0.263. The third-order valence-electron chi connectivity index (χ3n) is 4.16. The zero-order chi connectivity index (χ0) is 17.3. The summed E-state index contributed by atoms with van der Waals surface area (Å²) in [5.41, 5.74) is 9.75. The van der Waals surface area contributed by atoms with Crippen LogP contribution in [0.3, 0.4) is 0 Å². The number of hydrogen-bond acceptors (Lipinski definition) is 3. The topological polar surface area (TPSA) is 83.8 Å². The standard InChI is InChI=1S/C19H22N4O.2ClH/c1-11(2)17(18-21-15-6-4-5-7-16(15)22-18)23-19(24)14-10-13(20)9-8-12(14)3;;/h4-11,17H,20H2,1-3H3,(H,21,22)(H,23,24);2*1H. The Labute approximate surface area is 165 Å². The zero-order valence-electron chi connectivity index (χ0n) is 14.9. The summed E-state index contributed by atoms with van der Waals surface area (Å²) >= 11 is 0. The van der Waals surface area contributed by atoms with Crippen molar-refractivity contribution in [1.82, 2.24) is 15.3 Å². The minimum atomic E-state index is -0.203. The van der Waals surface area contributed by atoms with Crippen LogP contribution >= 0.6 is 24.8 Å². The van der Waals surface area contributed by atoms with Gasteiger partial charge in [-0.05, 0) is 42.7 Å². The molecule has 1 atom stereocenters. The highest BCUT2D eigenvalue weighted by atomic mass is 35.5. The van der Waals surface area contributed by atoms with Gasteiger partial charge < -0.3 is 16.0 Å². The lowest BCUT2D eigenvalue weighted by atomic mass is 10.0. The van der Waals surface area contributed by atoms with Crippen LogP contribution < -0.4 is 11.1 Å². The summed E-state index contributed by atoms with van der Waals surface area (Å²) in [6.45, 7) is 6.02. The van der Waals surface area contributed by atoms with E-state index in [2.05, 4.69) is 29.1 Å². The molecule has 0 aliphatic carbocycles. The summed E-state index contributed by atoms with van der Waals surface area (Å²) in [7, 11) is 0. The predicted octanol–water partition coefficient (Wildman–Crippen LogP) is 4.42. The summed E-state index contributed by atoms with van der Waals surface area (Å²) in [4.78, 5) is 20.6. The number of nitrogens with zero attached hydrogens (tertiary/aromatic N) is 1. The van der Waals surface area contributed by atoms with Gasteiger partial charge in [0.1, 0.15) is 5.82 Å². The molecule has 3 rings (SSSR count). The van der Waals surface area contributed by atoms with E-state index < -0.39 is 0 Å². The number of nitrogens with one attached hydrogen (secondary N) is 2. The molecule has 1 aromatic heterocycles. The smallest absolute Gasteiger partial charge is 0.252 e. The molecule has 0 spiro atoms. The molecule has 1 amide bonds. The van der Waals surface area contributed by atoms with Crippen LogP contribution in [0.4, 0.5) is 5.69 Å². The highest BCUT2D eigenvalue weighted by Crippen LogP contribution is 2.23. The van der Waals surface area contributed by atoms with Crippen molar-refractivity contribution in [3.63, 3.8) is 0 Å². The van der Waals surface area contributed by atoms with Gasteiger partial charge in [0, 0.05) is 11.3 Å². The molecule has 3 aromatic rings. The first kappa shape index (κ1) is 21.8. The third-order valence-corrected chi connectivity index (χ3v) is 4.16. The number of nitrogens with two attached hydrogens (primary N) is 1. The first-order chi connectivity index (χ1) is 11.5. The second kappa shape index (κ2) is 8.92. The highest BCUT2D eigenvalue weighted by molar-refractivity contribution is 5.96. The zero-order valence-corrected chi connectivity index (χ0v) is 16.6. The number of amides is 1. The van der Waals surface area contributed by atoms with E-state index in [1.54, 1.807) is 12.1 Å². The highest BCUT2D eigenvalue weighted by Gasteiger charge is 2.23. The maximum atomic E-state index is 12.7. The molecular formula is C19H24Cl2N4O. The number of halogens is 2. The van der Waals surface area contributed by atoms with Gasteiger partial charge in [-0.25, -0.2) is 4.98 Å². The molecule has 2 aromatic carbocycles. The van der Waals surface area contributed by atoms with Crippen LogP contribution in [0.2, 0.25) is 0 Å². The van der Waals surface area contributed by atoms with Crippen molar-refractivity contribution in [3.05, 3.63) is 59.4 Å². The average molecular weight is 395 g/mol. The molecule has 0 radical (unpaired) electrons. The third kappa shape index (κ3) is 4.48. The number of aryl methyl sites for hydroxylation is 1. The summed E-state index contributed by atoms with van der Waals surface area (Å²) in [6.07, 6.45) is 0. The number of aromatic amines is 1. The first-order valence-corrected chi connectivity index (χ1v) is 8.07. The Balaban J connectivity index is 0.00000169. The maximum absolute atomic E-state index is 12.7. The number of nitrogen functional groups attached to an aromatic ring is 1. The largest absolute Gasteiger partial charge is 0.399 e. The summed E-state index contributed by atoms with van der Waals surface area (Å²) in [5, 5.41) is 3.09. The van der Waals surface area contributed by atoms with Crippen LogP contribution in [0.25, 0.3) is 11.0 Å². The molecule has 1 heterocycles. The SMILES string of the molecule is Cc1ccc(N)cc1C(=O)NC(c1nc2ccccc2[nH]1)C(C)C.Cl.Cl. The number of rotatable bonds is 4. The Bertz CT molecular complexity index is 859. The van der Waals surface area contributed by atoms with Gasteiger partial charge in [-0.15, -0.1) is 24.8 Å². The van der Waals surface area contributed by atoms with Crippen LogP contribution in [0.5, 0.6) is 0 Å². The van der Waals surface area contributed by atoms with Crippen LogP contribution in [0.15, 0.2) is 42.5 Å². The molecule has 1 unspecified atom stereocenters. The van der Waals surface area contributed by atoms with E-state index in [0.717, 1.165) is 22.4 Å². The van der Waals surface area contributed by atoms with E-state index >= 15 is 0 Å². The number of benzene rings is 2. The molecule has 0 saturated carbocycles. The van der Waals surface area contributed by atoms with Gasteiger partial charge in [0.05, 0.1) is 17.1 Å². The van der Waals surface area contributed by atoms with Crippen molar-refractivity contribution in [3.8, 4) is 0 Å². The Morgan fingerprint density at radius 2 is 1.85 bits per heavy atom. The molecule has 0 saturated heterocycles. The monoisotopic (exact) mass is 394 g/mol. The fourth-order valence-corrected chi connectivity index (χ4v) is 2.77. The molecule has 26 heavy (non-hydrogen) atoms. The quantitative estimate of drug-likeness (QED) is 0.572. The van der Waals surface area contributed by atoms with Crippen molar-refractivity contribution < 1.29 is 4.79 Å². The number of hydrogen-bond donors (Lipinski definition) is 3. The van der Waals surface area contributed by atoms with Crippen molar-refractivity contribution in [2.24, 2.45) is 5.92 Å². The van der Waals surface area contributed by atoms with Crippen LogP contribution in [-0.4, -0.2) is 15.9 Å². The van der Waals surface area contributed by atoms with E-state index in [-0.39, 0.29) is 42.7 Å². The molecule has 140 valence electrons. The van der Waals surface area contributed by atoms with E-state index in [4.69, 9.17) is 5.73 Å². The molecule has 0 bridgehead atoms. The molecule has 0 aliphatic heterocycles. The van der Waals surface area contributed by atoms with Gasteiger partial charge >= 0.3 is 0 Å². The molecule has 5 nitrogen and oxygen atoms in total. The number of carbonyl (C=O) groups is 1. The summed E-state index contributed by atoms with van der Waals surface area (Å²) in [6, 6.07) is 13.0. The van der Waals surface area contributed by atoms with Crippen molar-refractivity contribution >= 4 is 47.4 Å². The van der Waals surface area contributed by atoms with E-state index in [1.807, 2.05) is 37.3 Å². The van der Waals surface area contributed by atoms with Crippen molar-refractivity contribution in [1.29, 1.82) is 0 Å². The predicted molar refractivity (Wildman–Crippen MR) is 111 cm³/mol. The number of aromatic nitrogens is 2. The summed E-state index contributed by atoms with van der Waals surface area (Å²) in [5.74, 6) is 0.816. The minimum Gasteiger partial charge on any atom is -0.399 e. The van der Waals surface area contributed by atoms with Gasteiger partial charge in [-0.1, -0.05) is 32.0 Å². The van der Waals surface area contributed by atoms with E-state index in [0.29, 0.717) is 11.3 Å². The Kier molecular flexibility index (Phi) is 7.48. The normalized spacial score (nSPS) is 11.5. The second-order valence-electron chi connectivity index (χ2n) is 6.41. The van der Waals surface area contributed by atoms with E-state index in [9.17, 15) is 4.79 Å². The van der Waals surface area contributed by atoms with Gasteiger partial charge in [0.2, 0.25) is 0 Å². The Hall–Kier alpha value is -2.24. The molecule has 4 N–H and O–H groups in total. The first-order valence-electron chi connectivity index (χ1n) is 8.07. The lowest BCUT2D eigenvalue weighted by molar-refractivity contribution is 0.0923. The number of fused-ring (bicyclic) bond motifs is 1. The van der Waals surface area contributed by atoms with Gasteiger partial charge in [-0.2, -0.15) is 0 Å². The fourth-order valence-electron chi connectivity index (χ4n) is 2.77. The number of H-pyrrole nitrogens is 1. The van der Waals surface area contributed by atoms with Crippen molar-refractivity contribution in [2.75, 3.05) is 5.73 Å². The summed E-state index contributed by atoms with van der Waals surface area (Å²) < 4.78 is 0. The Morgan fingerprint density at radius 3 is 2.50 bits per heavy atom.